The van der Waals surface area contributed by atoms with Gasteiger partial charge in [0.1, 0.15) is 36.2 Å². The Balaban J connectivity index is 1.89. The van der Waals surface area contributed by atoms with E-state index in [9.17, 15) is 24.9 Å². The van der Waals surface area contributed by atoms with Gasteiger partial charge in [0.05, 0.1) is 41.5 Å². The molecule has 0 amide bonds. The molecule has 4 saturated heterocycles. The van der Waals surface area contributed by atoms with Gasteiger partial charge in [0.25, 0.3) is 0 Å². The number of hydrogen-bond donors (Lipinski definition) is 3. The second kappa shape index (κ2) is 18.2. The van der Waals surface area contributed by atoms with Crippen molar-refractivity contribution in [1.82, 2.24) is 9.80 Å². The molecule has 4 heterocycles. The molecule has 0 aromatic heterocycles. The van der Waals surface area contributed by atoms with Crippen LogP contribution in [0.5, 0.6) is 0 Å². The summed E-state index contributed by atoms with van der Waals surface area (Å²) in [5.74, 6) is -3.13. The minimum absolute atomic E-state index is 0.106. The van der Waals surface area contributed by atoms with E-state index < -0.39 is 108 Å². The molecular formula is C41H72N2O13. The zero-order valence-electron chi connectivity index (χ0n) is 36.2. The van der Waals surface area contributed by atoms with Gasteiger partial charge in [0, 0.05) is 37.6 Å². The zero-order chi connectivity index (χ0) is 42.2. The SMILES string of the molecule is C=CC(=O)O[C@@H]1[C@H](C)N(C)C2O[C@](C)(C[C@H]2C)[C@H](O[C@@H]2O[C@H](C)C[C@H](N(C)C)[C@H]2O)[C@@H](C)[C@H](O[C@H]2C[C@@](C)(OC)[C@@H](O)[C@H](C)O2)[C@@H](C)C(=O)O[C@@H](CC)[C@@]1(C)O. The molecule has 4 aliphatic heterocycles. The first kappa shape index (κ1) is 46.9. The van der Waals surface area contributed by atoms with Crippen LogP contribution in [0.1, 0.15) is 94.9 Å². The maximum absolute atomic E-state index is 14.5. The lowest BCUT2D eigenvalue weighted by Crippen LogP contribution is -2.63. The standard InChI is InChI=1S/C41H72N2O13/c1-16-28-41(11,48)35(53-29(44)17-2)25(7)43(14)36-21(3)19-40(10,56-36)34(55-38-31(45)27(42(12)13)18-22(4)50-38)23(5)32(24(6)37(47)52-28)54-30-20-39(9,49-15)33(46)26(8)51-30/h17,21-28,30-36,38,45-46,48H,2,16,18-20H2,1,3-15H3/t21-,22-,23+,24-,25+,26+,27+,28+,30+,31-,32+,33+,34-,35-,36?,38+,39-,40-,41-/m1/s1. The summed E-state index contributed by atoms with van der Waals surface area (Å²) < 4.78 is 51.3. The van der Waals surface area contributed by atoms with Crippen LogP contribution in [0.3, 0.4) is 0 Å². The average molecular weight is 801 g/mol. The van der Waals surface area contributed by atoms with Crippen molar-refractivity contribution in [3.8, 4) is 0 Å². The maximum Gasteiger partial charge on any atom is 0.330 e. The number of nitrogens with zero attached hydrogens (tertiary/aromatic N) is 2. The summed E-state index contributed by atoms with van der Waals surface area (Å²) in [5, 5.41) is 35.0. The fourth-order valence-electron chi connectivity index (χ4n) is 9.62. The van der Waals surface area contributed by atoms with E-state index in [-0.39, 0.29) is 30.9 Å². The summed E-state index contributed by atoms with van der Waals surface area (Å²) in [6, 6.07) is -0.885. The predicted octanol–water partition coefficient (Wildman–Crippen LogP) is 3.00. The van der Waals surface area contributed by atoms with Crippen LogP contribution < -0.4 is 0 Å². The van der Waals surface area contributed by atoms with Crippen LogP contribution in [0.2, 0.25) is 0 Å². The molecule has 0 saturated carbocycles. The van der Waals surface area contributed by atoms with Gasteiger partial charge in [0.15, 0.2) is 12.6 Å². The third kappa shape index (κ3) is 9.49. The molecule has 1 unspecified atom stereocenters. The maximum atomic E-state index is 14.5. The van der Waals surface area contributed by atoms with Gasteiger partial charge in [0.2, 0.25) is 0 Å². The van der Waals surface area contributed by atoms with E-state index in [4.69, 9.17) is 37.9 Å². The van der Waals surface area contributed by atoms with Crippen LogP contribution in [-0.4, -0.2) is 162 Å². The largest absolute Gasteiger partial charge is 0.459 e. The lowest BCUT2D eigenvalue weighted by molar-refractivity contribution is -0.321. The lowest BCUT2D eigenvalue weighted by atomic mass is 9.79. The summed E-state index contributed by atoms with van der Waals surface area (Å²) in [6.45, 7) is 21.8. The number of methoxy groups -OCH3 is 1. The van der Waals surface area contributed by atoms with Crippen LogP contribution in [0.25, 0.3) is 0 Å². The van der Waals surface area contributed by atoms with Crippen molar-refractivity contribution in [3.05, 3.63) is 12.7 Å². The topological polar surface area (TPSA) is 175 Å². The number of aliphatic hydroxyl groups excluding tert-OH is 2. The van der Waals surface area contributed by atoms with E-state index >= 15 is 0 Å². The van der Waals surface area contributed by atoms with Gasteiger partial charge in [-0.3, -0.25) is 9.69 Å². The molecule has 4 rings (SSSR count). The highest BCUT2D eigenvalue weighted by atomic mass is 16.7. The number of aliphatic hydroxyl groups is 3. The van der Waals surface area contributed by atoms with Gasteiger partial charge < -0.3 is 58.1 Å². The number of cyclic esters (lactones) is 1. The smallest absolute Gasteiger partial charge is 0.330 e. The van der Waals surface area contributed by atoms with Crippen molar-refractivity contribution in [2.75, 3.05) is 28.3 Å². The number of ether oxygens (including phenoxy) is 8. The number of carbonyl (C=O) groups is 2. The highest BCUT2D eigenvalue weighted by Gasteiger charge is 2.58. The fourth-order valence-corrected chi connectivity index (χ4v) is 9.62. The Hall–Kier alpha value is -1.76. The highest BCUT2D eigenvalue weighted by Crippen LogP contribution is 2.46. The molecule has 15 heteroatoms. The Kier molecular flexibility index (Phi) is 15.3. The summed E-state index contributed by atoms with van der Waals surface area (Å²) in [7, 11) is 7.18. The third-order valence-corrected chi connectivity index (χ3v) is 13.2. The van der Waals surface area contributed by atoms with Crippen molar-refractivity contribution in [1.29, 1.82) is 0 Å². The monoisotopic (exact) mass is 801 g/mol. The molecule has 0 aromatic carbocycles. The summed E-state index contributed by atoms with van der Waals surface area (Å²) in [6.07, 6.45) is -6.99. The van der Waals surface area contributed by atoms with Crippen LogP contribution in [0, 0.1) is 17.8 Å². The molecule has 19 atom stereocenters. The lowest BCUT2D eigenvalue weighted by Gasteiger charge is -2.49. The van der Waals surface area contributed by atoms with E-state index in [0.29, 0.717) is 12.8 Å². The first-order valence-electron chi connectivity index (χ1n) is 20.3. The van der Waals surface area contributed by atoms with Gasteiger partial charge in [-0.2, -0.15) is 0 Å². The minimum Gasteiger partial charge on any atom is -0.459 e. The van der Waals surface area contributed by atoms with E-state index in [1.807, 2.05) is 58.6 Å². The van der Waals surface area contributed by atoms with E-state index in [0.717, 1.165) is 6.08 Å². The van der Waals surface area contributed by atoms with Crippen LogP contribution >= 0.6 is 0 Å². The molecule has 2 bridgehead atoms. The highest BCUT2D eigenvalue weighted by molar-refractivity contribution is 5.81. The molecule has 324 valence electrons. The number of hydrogen-bond acceptors (Lipinski definition) is 15. The number of rotatable bonds is 9. The van der Waals surface area contributed by atoms with Gasteiger partial charge in [-0.25, -0.2) is 4.79 Å². The van der Waals surface area contributed by atoms with Gasteiger partial charge in [-0.15, -0.1) is 0 Å². The molecule has 0 spiro atoms. The van der Waals surface area contributed by atoms with Crippen molar-refractivity contribution in [3.63, 3.8) is 0 Å². The van der Waals surface area contributed by atoms with Gasteiger partial charge >= 0.3 is 11.9 Å². The van der Waals surface area contributed by atoms with Crippen LogP contribution in [0.4, 0.5) is 0 Å². The molecule has 0 aliphatic carbocycles. The third-order valence-electron chi connectivity index (χ3n) is 13.2. The van der Waals surface area contributed by atoms with Gasteiger partial charge in [-0.05, 0) is 94.8 Å². The molecular weight excluding hydrogens is 728 g/mol. The second-order valence-corrected chi connectivity index (χ2v) is 17.8. The molecule has 0 aromatic rings. The van der Waals surface area contributed by atoms with Crippen molar-refractivity contribution >= 4 is 11.9 Å². The molecule has 15 nitrogen and oxygen atoms in total. The molecule has 56 heavy (non-hydrogen) atoms. The van der Waals surface area contributed by atoms with Crippen LogP contribution in [-0.2, 0) is 47.5 Å². The Labute approximate surface area is 334 Å². The number of carbonyl (C=O) groups excluding carboxylic acids is 2. The fraction of sp³-hybridized carbons (Fsp3) is 0.902. The predicted molar refractivity (Wildman–Crippen MR) is 206 cm³/mol. The number of fused-ring (bicyclic) bond motifs is 2. The Bertz CT molecular complexity index is 1350. The van der Waals surface area contributed by atoms with Gasteiger partial charge in [-0.1, -0.05) is 27.4 Å². The first-order chi connectivity index (χ1) is 26.0. The summed E-state index contributed by atoms with van der Waals surface area (Å²) in [4.78, 5) is 31.2. The quantitative estimate of drug-likeness (QED) is 0.229. The first-order valence-corrected chi connectivity index (χ1v) is 20.3. The Morgan fingerprint density at radius 3 is 2.25 bits per heavy atom. The Morgan fingerprint density at radius 2 is 1.68 bits per heavy atom. The number of likely N-dealkylation sites (N-methyl/N-ethyl adjacent to an activating group) is 2. The Morgan fingerprint density at radius 1 is 1.04 bits per heavy atom. The van der Waals surface area contributed by atoms with Crippen molar-refractivity contribution in [2.24, 2.45) is 17.8 Å². The van der Waals surface area contributed by atoms with E-state index in [1.54, 1.807) is 27.7 Å². The molecule has 4 aliphatic rings. The van der Waals surface area contributed by atoms with E-state index in [1.165, 1.54) is 14.0 Å². The van der Waals surface area contributed by atoms with Crippen molar-refractivity contribution in [2.45, 2.75) is 191 Å². The minimum atomic E-state index is -1.86. The van der Waals surface area contributed by atoms with E-state index in [2.05, 4.69) is 13.5 Å². The molecule has 3 N–H and O–H groups in total. The normalized spacial score (nSPS) is 48.6. The summed E-state index contributed by atoms with van der Waals surface area (Å²) >= 11 is 0. The molecule has 4 fully saturated rings. The van der Waals surface area contributed by atoms with Crippen LogP contribution in [0.15, 0.2) is 12.7 Å². The average Bonchev–Trinajstić information content (AvgIpc) is 3.45. The number of esters is 2. The van der Waals surface area contributed by atoms with Crippen molar-refractivity contribution < 1.29 is 62.8 Å². The zero-order valence-corrected chi connectivity index (χ0v) is 36.2. The second-order valence-electron chi connectivity index (χ2n) is 17.8. The molecule has 0 radical (unpaired) electrons. The summed E-state index contributed by atoms with van der Waals surface area (Å²) in [5.41, 5.74) is -3.92.